The third-order valence-electron chi connectivity index (χ3n) is 3.62. The van der Waals surface area contributed by atoms with Crippen LogP contribution in [0.4, 0.5) is 5.82 Å². The first-order valence-electron chi connectivity index (χ1n) is 6.97. The van der Waals surface area contributed by atoms with E-state index in [-0.39, 0.29) is 17.0 Å². The first-order chi connectivity index (χ1) is 8.93. The largest absolute Gasteiger partial charge is 0.362 e. The van der Waals surface area contributed by atoms with Crippen LogP contribution in [0.15, 0.2) is 17.2 Å². The van der Waals surface area contributed by atoms with Gasteiger partial charge in [-0.1, -0.05) is 20.8 Å². The van der Waals surface area contributed by atoms with E-state index >= 15 is 0 Å². The van der Waals surface area contributed by atoms with Gasteiger partial charge in [-0.05, 0) is 31.2 Å². The first kappa shape index (κ1) is 14.1. The molecular formula is C14H24N4O. The Morgan fingerprint density at radius 2 is 2.21 bits per heavy atom. The molecule has 0 radical (unpaired) electrons. The second-order valence-electron chi connectivity index (χ2n) is 6.36. The van der Waals surface area contributed by atoms with Crippen molar-refractivity contribution in [2.45, 2.75) is 52.1 Å². The number of hydrogen-bond donors (Lipinski definition) is 2. The number of rotatable bonds is 5. The minimum Gasteiger partial charge on any atom is -0.362 e. The summed E-state index contributed by atoms with van der Waals surface area (Å²) in [6.07, 6.45) is 6.48. The van der Waals surface area contributed by atoms with Gasteiger partial charge < -0.3 is 15.6 Å². The molecule has 1 aliphatic rings. The van der Waals surface area contributed by atoms with Crippen LogP contribution in [0, 0.1) is 5.41 Å². The summed E-state index contributed by atoms with van der Waals surface area (Å²) < 4.78 is 1.79. The van der Waals surface area contributed by atoms with Gasteiger partial charge in [-0.25, -0.2) is 4.98 Å². The summed E-state index contributed by atoms with van der Waals surface area (Å²) in [5.74, 6) is 0.447. The maximum absolute atomic E-state index is 12.3. The Balaban J connectivity index is 2.21. The molecule has 1 aliphatic carbocycles. The molecule has 2 rings (SSSR count). The van der Waals surface area contributed by atoms with Gasteiger partial charge in [0.15, 0.2) is 5.82 Å². The van der Waals surface area contributed by atoms with E-state index in [9.17, 15) is 4.79 Å². The van der Waals surface area contributed by atoms with Crippen LogP contribution in [-0.2, 0) is 0 Å². The molecule has 0 aliphatic heterocycles. The fraction of sp³-hybridized carbons (Fsp3) is 0.714. The Morgan fingerprint density at radius 3 is 2.74 bits per heavy atom. The highest BCUT2D eigenvalue weighted by molar-refractivity contribution is 5.33. The minimum absolute atomic E-state index is 0.0173. The van der Waals surface area contributed by atoms with Crippen LogP contribution >= 0.6 is 0 Å². The van der Waals surface area contributed by atoms with Crippen molar-refractivity contribution in [1.82, 2.24) is 9.55 Å². The smallest absolute Gasteiger partial charge is 0.293 e. The quantitative estimate of drug-likeness (QED) is 0.850. The lowest BCUT2D eigenvalue weighted by molar-refractivity contribution is 0.327. The fourth-order valence-corrected chi connectivity index (χ4v) is 2.22. The minimum atomic E-state index is -0.0173. The summed E-state index contributed by atoms with van der Waals surface area (Å²) in [5.41, 5.74) is 5.68. The summed E-state index contributed by atoms with van der Waals surface area (Å²) >= 11 is 0. The Labute approximate surface area is 114 Å². The molecule has 19 heavy (non-hydrogen) atoms. The molecule has 1 saturated carbocycles. The normalized spacial score (nSPS) is 17.3. The van der Waals surface area contributed by atoms with Crippen molar-refractivity contribution in [3.8, 4) is 0 Å². The van der Waals surface area contributed by atoms with E-state index < -0.39 is 0 Å². The topological polar surface area (TPSA) is 72.9 Å². The molecule has 1 aromatic rings. The van der Waals surface area contributed by atoms with Crippen LogP contribution in [0.1, 0.15) is 46.1 Å². The van der Waals surface area contributed by atoms with Gasteiger partial charge in [0, 0.05) is 24.5 Å². The first-order valence-corrected chi connectivity index (χ1v) is 6.97. The number of aromatic nitrogens is 2. The maximum Gasteiger partial charge on any atom is 0.293 e. The predicted octanol–water partition coefficient (Wildman–Crippen LogP) is 1.75. The fourth-order valence-electron chi connectivity index (χ4n) is 2.22. The summed E-state index contributed by atoms with van der Waals surface area (Å²) in [5, 5.41) is 3.29. The van der Waals surface area contributed by atoms with Crippen LogP contribution in [0.2, 0.25) is 0 Å². The molecule has 5 heteroatoms. The van der Waals surface area contributed by atoms with Crippen molar-refractivity contribution < 1.29 is 0 Å². The molecule has 0 spiro atoms. The third-order valence-corrected chi connectivity index (χ3v) is 3.62. The van der Waals surface area contributed by atoms with Crippen LogP contribution in [0.5, 0.6) is 0 Å². The molecule has 0 amide bonds. The number of anilines is 1. The van der Waals surface area contributed by atoms with E-state index in [1.807, 2.05) is 0 Å². The zero-order valence-electron chi connectivity index (χ0n) is 12.0. The number of nitrogens with zero attached hydrogens (tertiary/aromatic N) is 2. The molecule has 0 aromatic carbocycles. The van der Waals surface area contributed by atoms with Crippen LogP contribution in [-0.4, -0.2) is 22.1 Å². The van der Waals surface area contributed by atoms with Gasteiger partial charge in [0.25, 0.3) is 5.56 Å². The summed E-state index contributed by atoms with van der Waals surface area (Å²) in [6, 6.07) is 0.520. The highest BCUT2D eigenvalue weighted by atomic mass is 16.1. The van der Waals surface area contributed by atoms with Crippen molar-refractivity contribution in [1.29, 1.82) is 0 Å². The van der Waals surface area contributed by atoms with E-state index in [1.54, 1.807) is 17.0 Å². The van der Waals surface area contributed by atoms with Crippen molar-refractivity contribution >= 4 is 5.82 Å². The van der Waals surface area contributed by atoms with Crippen LogP contribution < -0.4 is 16.6 Å². The van der Waals surface area contributed by atoms with Gasteiger partial charge in [-0.15, -0.1) is 0 Å². The maximum atomic E-state index is 12.3. The zero-order chi connectivity index (χ0) is 14.0. The average Bonchev–Trinajstić information content (AvgIpc) is 3.13. The van der Waals surface area contributed by atoms with E-state index in [0.29, 0.717) is 18.4 Å². The number of nitrogens with two attached hydrogens (primary N) is 1. The molecule has 5 nitrogen and oxygen atoms in total. The van der Waals surface area contributed by atoms with Gasteiger partial charge in [0.05, 0.1) is 0 Å². The lowest BCUT2D eigenvalue weighted by Crippen LogP contribution is -2.38. The number of hydrogen-bond acceptors (Lipinski definition) is 4. The summed E-state index contributed by atoms with van der Waals surface area (Å²) in [4.78, 5) is 16.5. The molecule has 1 fully saturated rings. The van der Waals surface area contributed by atoms with Crippen molar-refractivity contribution in [2.24, 2.45) is 11.1 Å². The summed E-state index contributed by atoms with van der Waals surface area (Å²) in [7, 11) is 0. The Morgan fingerprint density at radius 1 is 1.53 bits per heavy atom. The van der Waals surface area contributed by atoms with Gasteiger partial charge in [-0.3, -0.25) is 4.79 Å². The second-order valence-corrected chi connectivity index (χ2v) is 6.36. The van der Waals surface area contributed by atoms with Crippen LogP contribution in [0.3, 0.4) is 0 Å². The SMILES string of the molecule is CC(C)(C)C(CCN)Nc1nccn(C2CC2)c1=O. The molecule has 3 N–H and O–H groups in total. The second kappa shape index (κ2) is 5.33. The predicted molar refractivity (Wildman–Crippen MR) is 77.3 cm³/mol. The highest BCUT2D eigenvalue weighted by Crippen LogP contribution is 2.33. The Bertz CT molecular complexity index is 485. The molecule has 1 unspecified atom stereocenters. The lowest BCUT2D eigenvalue weighted by atomic mass is 9.85. The van der Waals surface area contributed by atoms with Crippen LogP contribution in [0.25, 0.3) is 0 Å². The molecule has 1 aromatic heterocycles. The number of nitrogens with one attached hydrogen (secondary N) is 1. The van der Waals surface area contributed by atoms with Crippen molar-refractivity contribution in [2.75, 3.05) is 11.9 Å². The third kappa shape index (κ3) is 3.35. The molecule has 106 valence electrons. The highest BCUT2D eigenvalue weighted by Gasteiger charge is 2.28. The van der Waals surface area contributed by atoms with Gasteiger partial charge >= 0.3 is 0 Å². The van der Waals surface area contributed by atoms with E-state index in [0.717, 1.165) is 19.3 Å². The lowest BCUT2D eigenvalue weighted by Gasteiger charge is -2.31. The van der Waals surface area contributed by atoms with Gasteiger partial charge in [0.2, 0.25) is 0 Å². The molecule has 1 atom stereocenters. The van der Waals surface area contributed by atoms with Crippen molar-refractivity contribution in [3.63, 3.8) is 0 Å². The monoisotopic (exact) mass is 264 g/mol. The Hall–Kier alpha value is -1.36. The average molecular weight is 264 g/mol. The zero-order valence-corrected chi connectivity index (χ0v) is 12.0. The van der Waals surface area contributed by atoms with E-state index in [1.165, 1.54) is 0 Å². The standard InChI is InChI=1S/C14H24N4O/c1-14(2,3)11(6-7-15)17-12-13(19)18(9-8-16-12)10-4-5-10/h8-11H,4-7,15H2,1-3H3,(H,16,17). The molecule has 0 bridgehead atoms. The Kier molecular flexibility index (Phi) is 3.94. The van der Waals surface area contributed by atoms with Gasteiger partial charge in [0.1, 0.15) is 0 Å². The van der Waals surface area contributed by atoms with E-state index in [4.69, 9.17) is 5.73 Å². The molecule has 1 heterocycles. The summed E-state index contributed by atoms with van der Waals surface area (Å²) in [6.45, 7) is 7.02. The molecular weight excluding hydrogens is 240 g/mol. The van der Waals surface area contributed by atoms with Gasteiger partial charge in [-0.2, -0.15) is 0 Å². The van der Waals surface area contributed by atoms with Crippen molar-refractivity contribution in [3.05, 3.63) is 22.7 Å². The van der Waals surface area contributed by atoms with E-state index in [2.05, 4.69) is 31.1 Å². The molecule has 0 saturated heterocycles.